The highest BCUT2D eigenvalue weighted by atomic mass is 32.2. The number of amides is 3. The third kappa shape index (κ3) is 4.89. The van der Waals surface area contributed by atoms with E-state index >= 15 is 0 Å². The van der Waals surface area contributed by atoms with Crippen molar-refractivity contribution >= 4 is 40.6 Å². The van der Waals surface area contributed by atoms with E-state index in [1.54, 1.807) is 6.92 Å². The molecule has 0 aliphatic heterocycles. The molecule has 0 aliphatic rings. The Morgan fingerprint density at radius 3 is 2.68 bits per heavy atom. The number of nitrogens with two attached hydrogens (primary N) is 1. The van der Waals surface area contributed by atoms with Crippen LogP contribution in [0.25, 0.3) is 10.9 Å². The van der Waals surface area contributed by atoms with E-state index in [-0.39, 0.29) is 11.1 Å². The summed E-state index contributed by atoms with van der Waals surface area (Å²) in [6.07, 6.45) is 1.62. The van der Waals surface area contributed by atoms with Gasteiger partial charge in [-0.05, 0) is 31.5 Å². The molecule has 28 heavy (non-hydrogen) atoms. The van der Waals surface area contributed by atoms with Crippen LogP contribution in [0.2, 0.25) is 0 Å². The second kappa shape index (κ2) is 9.36. The fourth-order valence-corrected chi connectivity index (χ4v) is 3.42. The van der Waals surface area contributed by atoms with Crippen molar-refractivity contribution in [2.75, 3.05) is 7.11 Å². The van der Waals surface area contributed by atoms with Crippen molar-refractivity contribution in [1.82, 2.24) is 14.9 Å². The van der Waals surface area contributed by atoms with Gasteiger partial charge in [-0.25, -0.2) is 14.6 Å². The molecule has 1 heterocycles. The van der Waals surface area contributed by atoms with E-state index in [0.717, 1.165) is 24.6 Å². The molecule has 150 valence electrons. The van der Waals surface area contributed by atoms with Gasteiger partial charge in [0.25, 0.3) is 5.56 Å². The van der Waals surface area contributed by atoms with E-state index in [9.17, 15) is 19.2 Å². The first-order valence-corrected chi connectivity index (χ1v) is 9.56. The van der Waals surface area contributed by atoms with E-state index < -0.39 is 23.2 Å². The van der Waals surface area contributed by atoms with E-state index in [2.05, 4.69) is 4.98 Å². The Balaban J connectivity index is 2.53. The van der Waals surface area contributed by atoms with Crippen LogP contribution in [0, 0.1) is 0 Å². The van der Waals surface area contributed by atoms with Gasteiger partial charge < -0.3 is 10.5 Å². The molecule has 3 amide bonds. The Kier molecular flexibility index (Phi) is 7.16. The number of benzene rings is 1. The van der Waals surface area contributed by atoms with Crippen molar-refractivity contribution in [3.63, 3.8) is 0 Å². The summed E-state index contributed by atoms with van der Waals surface area (Å²) in [7, 11) is 1.27. The zero-order valence-corrected chi connectivity index (χ0v) is 16.7. The van der Waals surface area contributed by atoms with Crippen LogP contribution in [0.1, 0.15) is 37.0 Å². The predicted octanol–water partition coefficient (Wildman–Crippen LogP) is 1.66. The van der Waals surface area contributed by atoms with Gasteiger partial charge in [-0.3, -0.25) is 19.5 Å². The van der Waals surface area contributed by atoms with Crippen LogP contribution in [0.15, 0.2) is 28.2 Å². The minimum absolute atomic E-state index is 0.264. The first kappa shape index (κ1) is 21.4. The van der Waals surface area contributed by atoms with Crippen molar-refractivity contribution in [1.29, 1.82) is 0 Å². The lowest BCUT2D eigenvalue weighted by molar-refractivity contribution is -0.119. The number of nitrogens with zero attached hydrogens (tertiary/aromatic N) is 2. The Morgan fingerprint density at radius 2 is 2.07 bits per heavy atom. The number of esters is 1. The zero-order chi connectivity index (χ0) is 20.8. The predicted molar refractivity (Wildman–Crippen MR) is 105 cm³/mol. The number of fused-ring (bicyclic) bond motifs is 1. The van der Waals surface area contributed by atoms with Gasteiger partial charge >= 0.3 is 12.0 Å². The molecule has 1 aromatic carbocycles. The molecule has 0 aliphatic carbocycles. The lowest BCUT2D eigenvalue weighted by Crippen LogP contribution is -2.39. The second-order valence-electron chi connectivity index (χ2n) is 6.04. The van der Waals surface area contributed by atoms with Crippen LogP contribution in [0.5, 0.6) is 0 Å². The van der Waals surface area contributed by atoms with Crippen LogP contribution in [-0.4, -0.2) is 39.8 Å². The molecule has 1 atom stereocenters. The third-order valence-corrected chi connectivity index (χ3v) is 5.06. The van der Waals surface area contributed by atoms with Crippen molar-refractivity contribution < 1.29 is 19.1 Å². The third-order valence-electron chi connectivity index (χ3n) is 3.97. The summed E-state index contributed by atoms with van der Waals surface area (Å²) in [5.41, 5.74) is 5.31. The lowest BCUT2D eigenvalue weighted by atomic mass is 10.1. The number of rotatable bonds is 7. The van der Waals surface area contributed by atoms with Crippen LogP contribution in [-0.2, 0) is 16.1 Å². The summed E-state index contributed by atoms with van der Waals surface area (Å²) < 4.78 is 6.21. The number of urea groups is 1. The van der Waals surface area contributed by atoms with Crippen LogP contribution in [0.4, 0.5) is 4.79 Å². The molecule has 0 saturated heterocycles. The average Bonchev–Trinajstić information content (AvgIpc) is 2.66. The van der Waals surface area contributed by atoms with E-state index in [1.807, 2.05) is 12.2 Å². The van der Waals surface area contributed by atoms with Gasteiger partial charge in [-0.1, -0.05) is 25.1 Å². The van der Waals surface area contributed by atoms with Gasteiger partial charge in [0.2, 0.25) is 5.91 Å². The number of primary amides is 1. The van der Waals surface area contributed by atoms with Gasteiger partial charge in [-0.2, -0.15) is 0 Å². The molecule has 0 spiro atoms. The normalized spacial score (nSPS) is 11.8. The number of carbonyl (C=O) groups is 3. The molecule has 0 unspecified atom stereocenters. The van der Waals surface area contributed by atoms with Crippen molar-refractivity contribution in [3.8, 4) is 0 Å². The number of nitrogens with one attached hydrogen (secondary N) is 1. The Hall–Kier alpha value is -2.88. The van der Waals surface area contributed by atoms with Crippen molar-refractivity contribution in [2.24, 2.45) is 5.73 Å². The summed E-state index contributed by atoms with van der Waals surface area (Å²) in [6.45, 7) is 4.01. The fourth-order valence-electron chi connectivity index (χ4n) is 2.48. The largest absolute Gasteiger partial charge is 0.465 e. The second-order valence-corrected chi connectivity index (χ2v) is 7.35. The van der Waals surface area contributed by atoms with Gasteiger partial charge in [-0.15, -0.1) is 0 Å². The molecule has 0 bridgehead atoms. The molecule has 0 radical (unpaired) electrons. The van der Waals surface area contributed by atoms with Gasteiger partial charge in [0.1, 0.15) is 0 Å². The van der Waals surface area contributed by atoms with Crippen LogP contribution >= 0.6 is 11.8 Å². The zero-order valence-electron chi connectivity index (χ0n) is 15.9. The molecular weight excluding hydrogens is 384 g/mol. The highest BCUT2D eigenvalue weighted by Crippen LogP contribution is 2.23. The number of carbonyl (C=O) groups excluding carboxylic acids is 3. The first-order chi connectivity index (χ1) is 13.3. The average molecular weight is 406 g/mol. The molecule has 9 nitrogen and oxygen atoms in total. The Bertz CT molecular complexity index is 972. The molecule has 0 fully saturated rings. The number of methoxy groups -OCH3 is 1. The number of hydrogen-bond acceptors (Lipinski definition) is 7. The SMILES string of the molecule is CCCCn1c(S[C@H](C)C(=O)NC(N)=O)nc2cc(C(=O)OC)ccc2c1=O. The number of hydrogen-bond donors (Lipinski definition) is 2. The van der Waals surface area contributed by atoms with Crippen LogP contribution in [0.3, 0.4) is 0 Å². The molecule has 3 N–H and O–H groups in total. The van der Waals surface area contributed by atoms with Crippen LogP contribution < -0.4 is 16.6 Å². The molecule has 2 rings (SSSR count). The topological polar surface area (TPSA) is 133 Å². The number of thioether (sulfide) groups is 1. The van der Waals surface area contributed by atoms with E-state index in [1.165, 1.54) is 29.9 Å². The fraction of sp³-hybridized carbons (Fsp3) is 0.389. The summed E-state index contributed by atoms with van der Waals surface area (Å²) in [5.74, 6) is -1.13. The summed E-state index contributed by atoms with van der Waals surface area (Å²) in [4.78, 5) is 52.1. The maximum absolute atomic E-state index is 13.0. The van der Waals surface area contributed by atoms with Crippen molar-refractivity contribution in [2.45, 2.75) is 43.6 Å². The van der Waals surface area contributed by atoms with Crippen molar-refractivity contribution in [3.05, 3.63) is 34.1 Å². The summed E-state index contributed by atoms with van der Waals surface area (Å²) in [6, 6.07) is 3.58. The summed E-state index contributed by atoms with van der Waals surface area (Å²) in [5, 5.41) is 1.98. The highest BCUT2D eigenvalue weighted by Gasteiger charge is 2.21. The number of ether oxygens (including phenoxy) is 1. The Labute approximate surface area is 165 Å². The number of unbranched alkanes of at least 4 members (excludes halogenated alkanes) is 1. The minimum atomic E-state index is -0.949. The quantitative estimate of drug-likeness (QED) is 0.406. The van der Waals surface area contributed by atoms with E-state index in [0.29, 0.717) is 22.6 Å². The minimum Gasteiger partial charge on any atom is -0.465 e. The monoisotopic (exact) mass is 406 g/mol. The first-order valence-electron chi connectivity index (χ1n) is 8.68. The molecule has 1 aromatic heterocycles. The number of aromatic nitrogens is 2. The van der Waals surface area contributed by atoms with Gasteiger partial charge in [0.15, 0.2) is 5.16 Å². The highest BCUT2D eigenvalue weighted by molar-refractivity contribution is 8.00. The van der Waals surface area contributed by atoms with Gasteiger partial charge in [0.05, 0.1) is 28.8 Å². The summed E-state index contributed by atoms with van der Waals surface area (Å²) >= 11 is 1.04. The molecule has 2 aromatic rings. The Morgan fingerprint density at radius 1 is 1.36 bits per heavy atom. The lowest BCUT2D eigenvalue weighted by Gasteiger charge is -2.16. The van der Waals surface area contributed by atoms with E-state index in [4.69, 9.17) is 10.5 Å². The number of imide groups is 1. The standard InChI is InChI=1S/C18H22N4O5S/c1-4-5-8-22-15(24)12-7-6-11(16(25)27-3)9-13(12)20-18(22)28-10(2)14(23)21-17(19)26/h6-7,9-10H,4-5,8H2,1-3H3,(H3,19,21,23,26)/t10-/m1/s1. The molecular formula is C18H22N4O5S. The smallest absolute Gasteiger partial charge is 0.337 e. The maximum atomic E-state index is 13.0. The maximum Gasteiger partial charge on any atom is 0.337 e. The molecule has 0 saturated carbocycles. The van der Waals surface area contributed by atoms with Gasteiger partial charge in [0, 0.05) is 6.54 Å². The molecule has 10 heteroatoms.